The molecule has 0 aliphatic carbocycles. The van der Waals surface area contributed by atoms with Crippen molar-refractivity contribution >= 4 is 66.8 Å². The Labute approximate surface area is 173 Å². The third-order valence-electron chi connectivity index (χ3n) is 3.07. The lowest BCUT2D eigenvalue weighted by atomic mass is 10.1. The van der Waals surface area contributed by atoms with Gasteiger partial charge in [-0.3, -0.25) is 14.4 Å². The highest BCUT2D eigenvalue weighted by molar-refractivity contribution is 9.10. The summed E-state index contributed by atoms with van der Waals surface area (Å²) in [5.74, 6) is -0.296. The summed E-state index contributed by atoms with van der Waals surface area (Å²) >= 11 is 18.2. The molecule has 0 radical (unpaired) electrons. The van der Waals surface area contributed by atoms with Crippen molar-refractivity contribution in [2.24, 2.45) is 0 Å². The molecule has 0 bridgehead atoms. The fraction of sp³-hybridized carbons (Fsp3) is 0.176. The van der Waals surface area contributed by atoms with Crippen LogP contribution in [0.15, 0.2) is 45.3 Å². The van der Waals surface area contributed by atoms with E-state index in [4.69, 9.17) is 28.0 Å². The maximum absolute atomic E-state index is 11.6. The van der Waals surface area contributed by atoms with Gasteiger partial charge >= 0.3 is 0 Å². The van der Waals surface area contributed by atoms with Crippen molar-refractivity contribution in [3.63, 3.8) is 0 Å². The van der Waals surface area contributed by atoms with E-state index in [9.17, 15) is 9.59 Å². The number of hydrogen-bond donors (Lipinski definition) is 0. The number of benzene rings is 2. The van der Waals surface area contributed by atoms with Crippen LogP contribution in [0.25, 0.3) is 0 Å². The third-order valence-corrected chi connectivity index (χ3v) is 5.67. The maximum atomic E-state index is 11.6. The first-order valence-corrected chi connectivity index (χ1v) is 9.26. The summed E-state index contributed by atoms with van der Waals surface area (Å²) in [5, 5.41) is 2.00. The molecule has 0 N–H and O–H groups in total. The summed E-state index contributed by atoms with van der Waals surface area (Å²) in [6.45, 7) is 1.49. The molecular weight excluding hydrogens is 497 g/mol. The molecule has 1 amide bonds. The largest absolute Gasteiger partial charge is 0.294 e. The SMILES string of the molecule is CC(=O)c1cccc(Br)c1Cl.CON(C)C(=O)c1cccc(Br)c1Cl. The van der Waals surface area contributed by atoms with Gasteiger partial charge in [0.25, 0.3) is 5.91 Å². The van der Waals surface area contributed by atoms with Crippen LogP contribution >= 0.6 is 55.1 Å². The van der Waals surface area contributed by atoms with Crippen molar-refractivity contribution in [2.45, 2.75) is 6.92 Å². The minimum Gasteiger partial charge on any atom is -0.294 e. The quantitative estimate of drug-likeness (QED) is 0.373. The fourth-order valence-corrected chi connectivity index (χ4v) is 2.90. The summed E-state index contributed by atoms with van der Waals surface area (Å²) < 4.78 is 1.45. The van der Waals surface area contributed by atoms with Gasteiger partial charge in [0.05, 0.1) is 22.7 Å². The summed E-state index contributed by atoms with van der Waals surface area (Å²) in [4.78, 5) is 27.3. The number of carbonyl (C=O) groups is 2. The first kappa shape index (κ1) is 22.1. The second-order valence-corrected chi connectivity index (χ2v) is 7.21. The lowest BCUT2D eigenvalue weighted by Crippen LogP contribution is -2.25. The maximum Gasteiger partial charge on any atom is 0.278 e. The summed E-state index contributed by atoms with van der Waals surface area (Å²) in [5.41, 5.74) is 0.964. The van der Waals surface area contributed by atoms with E-state index in [0.29, 0.717) is 25.6 Å². The Morgan fingerprint density at radius 3 is 1.80 bits per heavy atom. The van der Waals surface area contributed by atoms with E-state index >= 15 is 0 Å². The van der Waals surface area contributed by atoms with Gasteiger partial charge in [-0.1, -0.05) is 35.3 Å². The molecule has 2 aromatic carbocycles. The molecule has 0 aliphatic rings. The average Bonchev–Trinajstić information content (AvgIpc) is 2.58. The van der Waals surface area contributed by atoms with Crippen molar-refractivity contribution in [1.29, 1.82) is 0 Å². The Morgan fingerprint density at radius 2 is 1.40 bits per heavy atom. The summed E-state index contributed by atoms with van der Waals surface area (Å²) in [6.07, 6.45) is 0. The lowest BCUT2D eigenvalue weighted by Gasteiger charge is -2.14. The predicted octanol–water partition coefficient (Wildman–Crippen LogP) is 6.04. The first-order valence-electron chi connectivity index (χ1n) is 6.91. The van der Waals surface area contributed by atoms with Crippen LogP contribution in [0.2, 0.25) is 10.0 Å². The number of Topliss-reactive ketones (excluding diaryl/α,β-unsaturated/α-hetero) is 1. The lowest BCUT2D eigenvalue weighted by molar-refractivity contribution is -0.0756. The van der Waals surface area contributed by atoms with Gasteiger partial charge in [0.15, 0.2) is 5.78 Å². The molecule has 4 nitrogen and oxygen atoms in total. The zero-order valence-corrected chi connectivity index (χ0v) is 18.3. The van der Waals surface area contributed by atoms with E-state index in [1.807, 2.05) is 0 Å². The van der Waals surface area contributed by atoms with E-state index < -0.39 is 0 Å². The highest BCUT2D eigenvalue weighted by atomic mass is 79.9. The number of amides is 1. The normalized spacial score (nSPS) is 9.88. The van der Waals surface area contributed by atoms with Gasteiger partial charge in [0, 0.05) is 21.6 Å². The molecular formula is C17H15Br2Cl2NO3. The number of ketones is 1. The van der Waals surface area contributed by atoms with Gasteiger partial charge in [-0.15, -0.1) is 0 Å². The molecule has 25 heavy (non-hydrogen) atoms. The Kier molecular flexibility index (Phi) is 9.10. The second-order valence-electron chi connectivity index (χ2n) is 4.74. The zero-order chi connectivity index (χ0) is 19.1. The number of nitrogens with zero attached hydrogens (tertiary/aromatic N) is 1. The van der Waals surface area contributed by atoms with Crippen LogP contribution in [-0.4, -0.2) is 30.9 Å². The van der Waals surface area contributed by atoms with Crippen molar-refractivity contribution in [3.8, 4) is 0 Å². The number of halogens is 4. The van der Waals surface area contributed by atoms with Gasteiger partial charge < -0.3 is 0 Å². The molecule has 0 heterocycles. The molecule has 0 saturated carbocycles. The van der Waals surface area contributed by atoms with E-state index in [1.165, 1.54) is 21.1 Å². The second kappa shape index (κ2) is 10.3. The van der Waals surface area contributed by atoms with Crippen LogP contribution in [0, 0.1) is 0 Å². The van der Waals surface area contributed by atoms with Gasteiger partial charge in [-0.2, -0.15) is 0 Å². The monoisotopic (exact) mass is 509 g/mol. The highest BCUT2D eigenvalue weighted by Crippen LogP contribution is 2.27. The number of hydrogen-bond acceptors (Lipinski definition) is 3. The molecule has 0 aliphatic heterocycles. The van der Waals surface area contributed by atoms with Crippen LogP contribution in [0.5, 0.6) is 0 Å². The minimum absolute atomic E-state index is 0.0173. The molecule has 2 aromatic rings. The third kappa shape index (κ3) is 6.08. The van der Waals surface area contributed by atoms with Crippen LogP contribution < -0.4 is 0 Å². The highest BCUT2D eigenvalue weighted by Gasteiger charge is 2.16. The van der Waals surface area contributed by atoms with Crippen LogP contribution in [-0.2, 0) is 4.84 Å². The van der Waals surface area contributed by atoms with Crippen molar-refractivity contribution in [1.82, 2.24) is 5.06 Å². The van der Waals surface area contributed by atoms with E-state index in [1.54, 1.807) is 36.4 Å². The van der Waals surface area contributed by atoms with Gasteiger partial charge in [-0.05, 0) is 63.0 Å². The summed E-state index contributed by atoms with van der Waals surface area (Å²) in [7, 11) is 2.95. The number of carbonyl (C=O) groups excluding carboxylic acids is 2. The van der Waals surface area contributed by atoms with Crippen molar-refractivity contribution in [2.75, 3.05) is 14.2 Å². The minimum atomic E-state index is -0.279. The molecule has 0 unspecified atom stereocenters. The fourth-order valence-electron chi connectivity index (χ4n) is 1.70. The van der Waals surface area contributed by atoms with Gasteiger partial charge in [0.2, 0.25) is 0 Å². The number of rotatable bonds is 3. The van der Waals surface area contributed by atoms with Gasteiger partial charge in [-0.25, -0.2) is 5.06 Å². The summed E-state index contributed by atoms with van der Waals surface area (Å²) in [6, 6.07) is 10.4. The molecule has 0 atom stereocenters. The van der Waals surface area contributed by atoms with Crippen LogP contribution in [0.1, 0.15) is 27.6 Å². The zero-order valence-electron chi connectivity index (χ0n) is 13.6. The predicted molar refractivity (Wildman–Crippen MR) is 107 cm³/mol. The van der Waals surface area contributed by atoms with Crippen molar-refractivity contribution in [3.05, 3.63) is 66.5 Å². The smallest absolute Gasteiger partial charge is 0.278 e. The van der Waals surface area contributed by atoms with Crippen LogP contribution in [0.3, 0.4) is 0 Å². The Morgan fingerprint density at radius 1 is 0.960 bits per heavy atom. The number of hydroxylamine groups is 2. The first-order chi connectivity index (χ1) is 11.7. The molecule has 8 heteroatoms. The molecule has 2 rings (SSSR count). The molecule has 0 aromatic heterocycles. The molecule has 0 fully saturated rings. The van der Waals surface area contributed by atoms with E-state index in [2.05, 4.69) is 31.9 Å². The Hall–Kier alpha value is -0.920. The van der Waals surface area contributed by atoms with Crippen molar-refractivity contribution < 1.29 is 14.4 Å². The topological polar surface area (TPSA) is 46.6 Å². The van der Waals surface area contributed by atoms with Gasteiger partial charge in [0.1, 0.15) is 0 Å². The van der Waals surface area contributed by atoms with Crippen LogP contribution in [0.4, 0.5) is 0 Å². The van der Waals surface area contributed by atoms with E-state index in [-0.39, 0.29) is 11.7 Å². The molecule has 0 saturated heterocycles. The van der Waals surface area contributed by atoms with E-state index in [0.717, 1.165) is 9.54 Å². The Bertz CT molecular complexity index is 784. The molecule has 134 valence electrons. The Balaban J connectivity index is 0.000000257. The standard InChI is InChI=1S/C9H9BrClNO2.C8H6BrClO/c1-12(14-2)9(13)6-4-3-5-7(10)8(6)11;1-5(11)6-3-2-4-7(9)8(6)10/h3-5H,1-2H3;2-4H,1H3. The molecule has 0 spiro atoms. The average molecular weight is 512 g/mol.